The van der Waals surface area contributed by atoms with E-state index in [9.17, 15) is 0 Å². The van der Waals surface area contributed by atoms with Crippen molar-refractivity contribution in [2.45, 2.75) is 26.4 Å². The highest BCUT2D eigenvalue weighted by Gasteiger charge is 2.25. The van der Waals surface area contributed by atoms with Crippen LogP contribution in [0.1, 0.15) is 20.8 Å². The standard InChI is InChI=1S/C10H22N2/c1-9(2)8-12(7)10(3,4)11(5)6/h1,8H2,2-7H3. The van der Waals surface area contributed by atoms with E-state index in [1.807, 2.05) is 0 Å². The summed E-state index contributed by atoms with van der Waals surface area (Å²) in [7, 11) is 6.30. The van der Waals surface area contributed by atoms with Crippen molar-refractivity contribution in [2.75, 3.05) is 27.7 Å². The third kappa shape index (κ3) is 2.95. The van der Waals surface area contributed by atoms with E-state index in [2.05, 4.69) is 58.3 Å². The van der Waals surface area contributed by atoms with Crippen molar-refractivity contribution < 1.29 is 0 Å². The van der Waals surface area contributed by atoms with E-state index in [1.54, 1.807) is 0 Å². The SMILES string of the molecule is C=C(C)CN(C)C(C)(C)N(C)C. The van der Waals surface area contributed by atoms with E-state index in [4.69, 9.17) is 0 Å². The first-order valence-electron chi connectivity index (χ1n) is 4.31. The van der Waals surface area contributed by atoms with Crippen LogP contribution in [0.15, 0.2) is 12.2 Å². The summed E-state index contributed by atoms with van der Waals surface area (Å²) in [5.74, 6) is 0. The predicted molar refractivity (Wildman–Crippen MR) is 55.2 cm³/mol. The summed E-state index contributed by atoms with van der Waals surface area (Å²) >= 11 is 0. The molecule has 0 spiro atoms. The van der Waals surface area contributed by atoms with Gasteiger partial charge in [-0.3, -0.25) is 9.80 Å². The number of nitrogens with zero attached hydrogens (tertiary/aromatic N) is 2. The fraction of sp³-hybridized carbons (Fsp3) is 0.800. The van der Waals surface area contributed by atoms with Crippen LogP contribution >= 0.6 is 0 Å². The van der Waals surface area contributed by atoms with Crippen molar-refractivity contribution in [1.82, 2.24) is 9.80 Å². The van der Waals surface area contributed by atoms with Gasteiger partial charge in [0.15, 0.2) is 0 Å². The highest BCUT2D eigenvalue weighted by Crippen LogP contribution is 2.15. The second kappa shape index (κ2) is 4.06. The van der Waals surface area contributed by atoms with E-state index in [-0.39, 0.29) is 5.66 Å². The second-order valence-electron chi connectivity index (χ2n) is 4.20. The molecule has 0 aliphatic heterocycles. The third-order valence-electron chi connectivity index (χ3n) is 2.54. The zero-order valence-corrected chi connectivity index (χ0v) is 9.31. The number of hydrogen-bond acceptors (Lipinski definition) is 2. The monoisotopic (exact) mass is 170 g/mol. The van der Waals surface area contributed by atoms with Crippen molar-refractivity contribution in [2.24, 2.45) is 0 Å². The van der Waals surface area contributed by atoms with Gasteiger partial charge >= 0.3 is 0 Å². The fourth-order valence-corrected chi connectivity index (χ4v) is 0.940. The first kappa shape index (κ1) is 11.7. The molecule has 0 saturated heterocycles. The lowest BCUT2D eigenvalue weighted by Crippen LogP contribution is -2.52. The molecule has 0 aromatic rings. The van der Waals surface area contributed by atoms with Crippen LogP contribution in [0.2, 0.25) is 0 Å². The van der Waals surface area contributed by atoms with Gasteiger partial charge in [-0.25, -0.2) is 0 Å². The molecule has 0 rings (SSSR count). The van der Waals surface area contributed by atoms with Gasteiger partial charge in [0.05, 0.1) is 5.66 Å². The summed E-state index contributed by atoms with van der Waals surface area (Å²) < 4.78 is 0. The molecule has 2 heteroatoms. The Morgan fingerprint density at radius 1 is 1.25 bits per heavy atom. The molecule has 0 fully saturated rings. The van der Waals surface area contributed by atoms with Crippen LogP contribution in [0, 0.1) is 0 Å². The van der Waals surface area contributed by atoms with Crippen molar-refractivity contribution >= 4 is 0 Å². The molecule has 0 amide bonds. The van der Waals surface area contributed by atoms with Gasteiger partial charge in [0.25, 0.3) is 0 Å². The highest BCUT2D eigenvalue weighted by atomic mass is 15.4. The molecule has 0 aliphatic carbocycles. The summed E-state index contributed by atoms with van der Waals surface area (Å²) in [6.45, 7) is 11.3. The molecule has 0 aromatic carbocycles. The van der Waals surface area contributed by atoms with Crippen molar-refractivity contribution in [3.63, 3.8) is 0 Å². The van der Waals surface area contributed by atoms with Crippen LogP contribution in [0.5, 0.6) is 0 Å². The van der Waals surface area contributed by atoms with Crippen molar-refractivity contribution in [3.05, 3.63) is 12.2 Å². The minimum Gasteiger partial charge on any atom is -0.292 e. The summed E-state index contributed by atoms with van der Waals surface area (Å²) in [6.07, 6.45) is 0. The maximum Gasteiger partial charge on any atom is 0.0675 e. The van der Waals surface area contributed by atoms with Crippen molar-refractivity contribution in [1.29, 1.82) is 0 Å². The zero-order valence-electron chi connectivity index (χ0n) is 9.31. The quantitative estimate of drug-likeness (QED) is 0.469. The molecule has 0 unspecified atom stereocenters. The molecule has 0 aliphatic rings. The van der Waals surface area contributed by atoms with Crippen LogP contribution in [0.25, 0.3) is 0 Å². The summed E-state index contributed by atoms with van der Waals surface area (Å²) in [5, 5.41) is 0. The van der Waals surface area contributed by atoms with Crippen LogP contribution in [0.4, 0.5) is 0 Å². The number of rotatable bonds is 4. The van der Waals surface area contributed by atoms with E-state index < -0.39 is 0 Å². The Morgan fingerprint density at radius 2 is 1.67 bits per heavy atom. The maximum absolute atomic E-state index is 3.91. The Bertz CT molecular complexity index is 159. The van der Waals surface area contributed by atoms with Gasteiger partial charge in [-0.15, -0.1) is 0 Å². The summed E-state index contributed by atoms with van der Waals surface area (Å²) in [4.78, 5) is 4.49. The summed E-state index contributed by atoms with van der Waals surface area (Å²) in [6, 6.07) is 0. The molecule has 12 heavy (non-hydrogen) atoms. The van der Waals surface area contributed by atoms with Gasteiger partial charge < -0.3 is 0 Å². The predicted octanol–water partition coefficient (Wildman–Crippen LogP) is 1.79. The molecule has 0 saturated carbocycles. The van der Waals surface area contributed by atoms with Crippen LogP contribution < -0.4 is 0 Å². The number of hydrogen-bond donors (Lipinski definition) is 0. The van der Waals surface area contributed by atoms with Gasteiger partial charge in [-0.1, -0.05) is 12.2 Å². The van der Waals surface area contributed by atoms with Gasteiger partial charge in [-0.05, 0) is 41.9 Å². The van der Waals surface area contributed by atoms with Gasteiger partial charge in [0, 0.05) is 6.54 Å². The molecule has 0 atom stereocenters. The lowest BCUT2D eigenvalue weighted by molar-refractivity contribution is 0.0267. The fourth-order valence-electron chi connectivity index (χ4n) is 0.940. The molecule has 0 N–H and O–H groups in total. The van der Waals surface area contributed by atoms with Crippen molar-refractivity contribution in [3.8, 4) is 0 Å². The second-order valence-corrected chi connectivity index (χ2v) is 4.20. The lowest BCUT2D eigenvalue weighted by atomic mass is 10.1. The highest BCUT2D eigenvalue weighted by molar-refractivity contribution is 4.94. The normalized spacial score (nSPS) is 12.7. The zero-order chi connectivity index (χ0) is 9.94. The molecule has 72 valence electrons. The van der Waals surface area contributed by atoms with E-state index >= 15 is 0 Å². The first-order chi connectivity index (χ1) is 5.28. The smallest absolute Gasteiger partial charge is 0.0675 e. The van der Waals surface area contributed by atoms with E-state index in [1.165, 1.54) is 5.57 Å². The van der Waals surface area contributed by atoms with Gasteiger partial charge in [0.1, 0.15) is 0 Å². The Balaban J connectivity index is 4.24. The van der Waals surface area contributed by atoms with Gasteiger partial charge in [0.2, 0.25) is 0 Å². The van der Waals surface area contributed by atoms with E-state index in [0.717, 1.165) is 6.54 Å². The molecule has 0 aromatic heterocycles. The minimum absolute atomic E-state index is 0.0962. The van der Waals surface area contributed by atoms with Crippen LogP contribution in [-0.4, -0.2) is 43.2 Å². The topological polar surface area (TPSA) is 6.48 Å². The molecule has 0 radical (unpaired) electrons. The minimum atomic E-state index is 0.0962. The van der Waals surface area contributed by atoms with E-state index in [0.29, 0.717) is 0 Å². The number of likely N-dealkylation sites (N-methyl/N-ethyl adjacent to an activating group) is 1. The third-order valence-corrected chi connectivity index (χ3v) is 2.54. The molecular formula is C10H22N2. The van der Waals surface area contributed by atoms with Gasteiger partial charge in [-0.2, -0.15) is 0 Å². The molecule has 0 bridgehead atoms. The molecule has 0 heterocycles. The van der Waals surface area contributed by atoms with Crippen LogP contribution in [0.3, 0.4) is 0 Å². The average Bonchev–Trinajstić information content (AvgIpc) is 1.85. The maximum atomic E-state index is 3.91. The average molecular weight is 170 g/mol. The lowest BCUT2D eigenvalue weighted by Gasteiger charge is -2.41. The first-order valence-corrected chi connectivity index (χ1v) is 4.31. The molecular weight excluding hydrogens is 148 g/mol. The Kier molecular flexibility index (Phi) is 3.94. The largest absolute Gasteiger partial charge is 0.292 e. The Morgan fingerprint density at radius 3 is 1.92 bits per heavy atom. The van der Waals surface area contributed by atoms with Crippen LogP contribution in [-0.2, 0) is 0 Å². The Hall–Kier alpha value is -0.340. The summed E-state index contributed by atoms with van der Waals surface area (Å²) in [5.41, 5.74) is 1.30. The molecule has 2 nitrogen and oxygen atoms in total. The Labute approximate surface area is 76.9 Å².